The molecular formula is C101H99B2N9O11S. The second kappa shape index (κ2) is 41.7. The van der Waals surface area contributed by atoms with E-state index in [0.717, 1.165) is 115 Å². The highest BCUT2D eigenvalue weighted by Gasteiger charge is 2.38. The fourth-order valence-corrected chi connectivity index (χ4v) is 17.8. The average molecular weight is 1670 g/mol. The molecule has 2 radical (unpaired) electrons. The van der Waals surface area contributed by atoms with Crippen LogP contribution in [0, 0.1) is 18.8 Å². The molecule has 23 heteroatoms. The SMILES string of the molecule is COc1ccc(C(SCCC(=O)NCCCn2cc(COc3cc(C(=O)N(C)Cc4c5ccccc5c(CN(C)Cc5ccccc5O[B]O)c5ccccc45)ccc3C(=O)N(C)Cc3c4ccccc4c(CN(C)Cc4ccccc4O[B]O)c4ccccc34)nn2)(c2ccc(CO)cc2)c2ccc(C)c(C#CCCC(=O)NCc3ccccc3)c2)cc1. The van der Waals surface area contributed by atoms with E-state index in [-0.39, 0.29) is 74.1 Å². The number of hydrogen-bond donors (Lipinski definition) is 5. The van der Waals surface area contributed by atoms with E-state index in [1.54, 1.807) is 71.8 Å². The van der Waals surface area contributed by atoms with Gasteiger partial charge in [0.05, 0.1) is 30.2 Å². The molecule has 13 aromatic carbocycles. The number of aryl methyl sites for hydroxylation is 2. The van der Waals surface area contributed by atoms with Gasteiger partial charge >= 0.3 is 15.4 Å². The van der Waals surface area contributed by atoms with Crippen LogP contribution in [0.2, 0.25) is 0 Å². The summed E-state index contributed by atoms with van der Waals surface area (Å²) in [6, 6.07) is 85.4. The molecule has 0 aliphatic heterocycles. The molecule has 0 saturated carbocycles. The molecule has 0 saturated heterocycles. The summed E-state index contributed by atoms with van der Waals surface area (Å²) in [5, 5.41) is 52.6. The van der Waals surface area contributed by atoms with Gasteiger partial charge in [-0.15, -0.1) is 16.9 Å². The van der Waals surface area contributed by atoms with Crippen LogP contribution in [0.5, 0.6) is 23.0 Å². The summed E-state index contributed by atoms with van der Waals surface area (Å²) in [5.41, 5.74) is 13.4. The molecule has 20 nitrogen and oxygen atoms in total. The number of carbonyl (C=O) groups excluding carboxylic acids is 4. The molecule has 626 valence electrons. The topological polar surface area (TPSA) is 234 Å². The summed E-state index contributed by atoms with van der Waals surface area (Å²) in [7, 11) is 10.7. The minimum atomic E-state index is -0.860. The van der Waals surface area contributed by atoms with Gasteiger partial charge in [-0.3, -0.25) is 33.7 Å². The van der Waals surface area contributed by atoms with Crippen LogP contribution in [0.25, 0.3) is 43.1 Å². The van der Waals surface area contributed by atoms with Crippen molar-refractivity contribution in [3.63, 3.8) is 0 Å². The van der Waals surface area contributed by atoms with Crippen LogP contribution in [0.4, 0.5) is 0 Å². The molecule has 14 aromatic rings. The molecule has 1 atom stereocenters. The number of aliphatic hydroxyl groups is 1. The number of thioether (sulfide) groups is 1. The van der Waals surface area contributed by atoms with Gasteiger partial charge < -0.3 is 54.4 Å². The zero-order valence-corrected chi connectivity index (χ0v) is 71.3. The van der Waals surface area contributed by atoms with Gasteiger partial charge in [0.1, 0.15) is 35.3 Å². The maximum absolute atomic E-state index is 15.5. The van der Waals surface area contributed by atoms with Gasteiger partial charge in [0.15, 0.2) is 0 Å². The number of nitrogens with zero attached hydrogens (tertiary/aromatic N) is 7. The van der Waals surface area contributed by atoms with Gasteiger partial charge in [-0.05, 0) is 175 Å². The van der Waals surface area contributed by atoms with Crippen molar-refractivity contribution >= 4 is 93.9 Å². The van der Waals surface area contributed by atoms with E-state index in [2.05, 4.69) is 123 Å². The number of carbonyl (C=O) groups is 4. The number of hydrogen-bond acceptors (Lipinski definition) is 16. The Morgan fingerprint density at radius 1 is 0.516 bits per heavy atom. The standard InChI is InChI=1S/C101H99B2N9O11S/c1-69-41-45-78(57-72(69)27-12-23-40-97(114)105-59-70-25-8-7-9-26-70)101(76-46-42-71(67-113)43-47-76,77-48-50-80(120-6)51-49-77)124-56-53-98(115)104-54-24-55-112-62-79(106-107-112)68-121-96-58-73(99(116)110(4)65-92-85-34-17-13-30-81(85)90(82-31-14-18-35-86(82)92)63-108(2)60-74-28-10-21-38-94(74)122-102-118)44-52-89(96)100(117)111(5)66-93-87-36-19-15-32-83(87)91(84-33-16-20-37-88(84)93)64-109(3)61-75-29-11-22-39-95(75)123-103-119/h7-11,13-22,25-26,28-39,41-52,57-58,62,113,118-119H,23-24,40,53-56,59-61,63-68H2,1-6H3,(H,104,115)(H,105,114). The molecule has 14 rings (SSSR count). The summed E-state index contributed by atoms with van der Waals surface area (Å²) < 4.78 is 24.1. The highest BCUT2D eigenvalue weighted by Crippen LogP contribution is 2.50. The van der Waals surface area contributed by atoms with Gasteiger partial charge in [0.2, 0.25) is 11.8 Å². The largest absolute Gasteiger partial charge is 0.569 e. The zero-order valence-electron chi connectivity index (χ0n) is 70.5. The van der Waals surface area contributed by atoms with E-state index in [4.69, 9.17) is 18.8 Å². The zero-order chi connectivity index (χ0) is 86.5. The highest BCUT2D eigenvalue weighted by atomic mass is 32.2. The molecule has 0 fully saturated rings. The number of nitrogens with one attached hydrogen (secondary N) is 2. The number of aromatic nitrogens is 3. The Kier molecular flexibility index (Phi) is 29.4. The van der Waals surface area contributed by atoms with E-state index in [9.17, 15) is 24.7 Å². The summed E-state index contributed by atoms with van der Waals surface area (Å²) in [5.74, 6) is 8.23. The van der Waals surface area contributed by atoms with Crippen LogP contribution < -0.4 is 29.4 Å². The van der Waals surface area contributed by atoms with Crippen molar-refractivity contribution in [3.05, 3.63) is 356 Å². The van der Waals surface area contributed by atoms with Crippen LogP contribution in [-0.4, -0.2) is 136 Å². The van der Waals surface area contributed by atoms with Crippen molar-refractivity contribution in [1.82, 2.24) is 45.2 Å². The maximum Gasteiger partial charge on any atom is 0.569 e. The third-order valence-corrected chi connectivity index (χ3v) is 24.1. The summed E-state index contributed by atoms with van der Waals surface area (Å²) in [6.45, 7) is 5.73. The second-order valence-corrected chi connectivity index (χ2v) is 32.4. The lowest BCUT2D eigenvalue weighted by Crippen LogP contribution is -2.29. The lowest BCUT2D eigenvalue weighted by molar-refractivity contribution is -0.121. The quantitative estimate of drug-likeness (QED) is 0.00796. The Morgan fingerprint density at radius 2 is 1.01 bits per heavy atom. The van der Waals surface area contributed by atoms with E-state index in [1.807, 2.05) is 183 Å². The predicted molar refractivity (Wildman–Crippen MR) is 491 cm³/mol. The number of methoxy groups -OCH3 is 1. The van der Waals surface area contributed by atoms with Crippen molar-refractivity contribution in [3.8, 4) is 34.8 Å². The van der Waals surface area contributed by atoms with Crippen molar-refractivity contribution in [2.75, 3.05) is 47.6 Å². The summed E-state index contributed by atoms with van der Waals surface area (Å²) >= 11 is 1.63. The molecule has 1 unspecified atom stereocenters. The monoisotopic (exact) mass is 1670 g/mol. The minimum Gasteiger partial charge on any atom is -0.537 e. The molecule has 124 heavy (non-hydrogen) atoms. The number of amides is 4. The van der Waals surface area contributed by atoms with E-state index < -0.39 is 4.75 Å². The van der Waals surface area contributed by atoms with Crippen molar-refractivity contribution in [1.29, 1.82) is 0 Å². The highest BCUT2D eigenvalue weighted by molar-refractivity contribution is 8.00. The average Bonchev–Trinajstić information content (AvgIpc) is 0.881. The second-order valence-electron chi connectivity index (χ2n) is 31.1. The molecule has 0 bridgehead atoms. The molecule has 0 aliphatic carbocycles. The summed E-state index contributed by atoms with van der Waals surface area (Å²) in [4.78, 5) is 65.5. The first-order chi connectivity index (χ1) is 60.5. The number of rotatable bonds is 38. The van der Waals surface area contributed by atoms with Crippen LogP contribution in [0.15, 0.2) is 267 Å². The lowest BCUT2D eigenvalue weighted by atomic mass is 9.82. The fraction of sp³-hybridized carbons (Fsp3) is 0.228. The first-order valence-corrected chi connectivity index (χ1v) is 42.4. The van der Waals surface area contributed by atoms with Gasteiger partial charge in [-0.2, -0.15) is 0 Å². The van der Waals surface area contributed by atoms with Gasteiger partial charge in [-0.1, -0.05) is 229 Å². The number of fused-ring (bicyclic) bond motifs is 4. The van der Waals surface area contributed by atoms with Crippen molar-refractivity contribution in [2.45, 2.75) is 103 Å². The van der Waals surface area contributed by atoms with Gasteiger partial charge in [0.25, 0.3) is 11.8 Å². The van der Waals surface area contributed by atoms with Crippen LogP contribution in [-0.2, 0) is 79.9 Å². The van der Waals surface area contributed by atoms with E-state index in [0.29, 0.717) is 108 Å². The number of para-hydroxylation sites is 2. The Balaban J connectivity index is 0.686. The molecule has 5 N–H and O–H groups in total. The van der Waals surface area contributed by atoms with E-state index >= 15 is 9.59 Å². The number of benzene rings is 13. The Hall–Kier alpha value is -13.0. The number of aliphatic hydroxyl groups excluding tert-OH is 1. The molecular weight excluding hydrogens is 1570 g/mol. The molecule has 0 spiro atoms. The Morgan fingerprint density at radius 3 is 1.54 bits per heavy atom. The first-order valence-electron chi connectivity index (χ1n) is 41.4. The van der Waals surface area contributed by atoms with Crippen molar-refractivity contribution in [2.24, 2.45) is 0 Å². The fourth-order valence-electron chi connectivity index (χ4n) is 16.3. The van der Waals surface area contributed by atoms with Gasteiger partial charge in [0, 0.05) is 120 Å². The molecule has 1 aromatic heterocycles. The molecule has 4 amide bonds. The maximum atomic E-state index is 15.5. The molecule has 1 heterocycles. The third kappa shape index (κ3) is 20.8. The van der Waals surface area contributed by atoms with Crippen LogP contribution in [0.3, 0.4) is 0 Å². The third-order valence-electron chi connectivity index (χ3n) is 22.5. The molecule has 0 aliphatic rings. The van der Waals surface area contributed by atoms with Gasteiger partial charge in [-0.25, -0.2) is 0 Å². The summed E-state index contributed by atoms with van der Waals surface area (Å²) in [6.07, 6.45) is 3.12. The smallest absolute Gasteiger partial charge is 0.537 e. The van der Waals surface area contributed by atoms with E-state index in [1.165, 1.54) is 0 Å². The Bertz CT molecular complexity index is 6020. The van der Waals surface area contributed by atoms with Crippen LogP contribution >= 0.6 is 11.8 Å². The van der Waals surface area contributed by atoms with Crippen molar-refractivity contribution < 1.29 is 53.1 Å². The van der Waals surface area contributed by atoms with Crippen LogP contribution in [0.1, 0.15) is 124 Å². The lowest BCUT2D eigenvalue weighted by Gasteiger charge is -2.36. The Labute approximate surface area is 729 Å². The normalized spacial score (nSPS) is 11.8. The first kappa shape index (κ1) is 87.3. The predicted octanol–water partition coefficient (Wildman–Crippen LogP) is 16.0. The minimum absolute atomic E-state index is 0.0751. The number of ether oxygens (including phenoxy) is 2.